The van der Waals surface area contributed by atoms with Gasteiger partial charge in [0.05, 0.1) is 10.5 Å². The van der Waals surface area contributed by atoms with Crippen LogP contribution >= 0.6 is 0 Å². The molecule has 1 aromatic carbocycles. The molecule has 0 spiro atoms. The molecule has 1 heterocycles. The number of hydrogen-bond acceptors (Lipinski definition) is 4. The molecule has 1 aliphatic heterocycles. The normalized spacial score (nSPS) is 18.9. The number of halogens is 1. The highest BCUT2D eigenvalue weighted by Crippen LogP contribution is 2.21. The van der Waals surface area contributed by atoms with E-state index in [2.05, 4.69) is 4.72 Å². The smallest absolute Gasteiger partial charge is 0.241 e. The van der Waals surface area contributed by atoms with Gasteiger partial charge in [0.25, 0.3) is 0 Å². The lowest BCUT2D eigenvalue weighted by atomic mass is 9.95. The van der Waals surface area contributed by atoms with Gasteiger partial charge in [-0.05, 0) is 24.6 Å². The minimum Gasteiger partial charge on any atom is -0.388 e. The zero-order valence-electron chi connectivity index (χ0n) is 11.2. The molecule has 0 atom stereocenters. The Kier molecular flexibility index (Phi) is 4.43. The lowest BCUT2D eigenvalue weighted by Crippen LogP contribution is -2.46. The number of nitrogens with one attached hydrogen (secondary N) is 1. The molecule has 0 unspecified atom stereocenters. The molecule has 112 valence electrons. The van der Waals surface area contributed by atoms with E-state index in [0.717, 1.165) is 6.07 Å². The fourth-order valence-electron chi connectivity index (χ4n) is 2.10. The molecular formula is C13H18FNO4S. The molecule has 1 aliphatic rings. The number of aryl methyl sites for hydroxylation is 1. The molecule has 5 nitrogen and oxygen atoms in total. The van der Waals surface area contributed by atoms with Gasteiger partial charge in [-0.1, -0.05) is 6.07 Å². The second-order valence-electron chi connectivity index (χ2n) is 5.07. The van der Waals surface area contributed by atoms with Gasteiger partial charge in [-0.2, -0.15) is 0 Å². The molecule has 2 N–H and O–H groups in total. The van der Waals surface area contributed by atoms with Crippen LogP contribution < -0.4 is 4.72 Å². The summed E-state index contributed by atoms with van der Waals surface area (Å²) in [5, 5.41) is 10.2. The number of sulfonamides is 1. The van der Waals surface area contributed by atoms with Crippen molar-refractivity contribution in [3.8, 4) is 0 Å². The molecule has 0 bridgehead atoms. The molecule has 2 rings (SSSR count). The van der Waals surface area contributed by atoms with Gasteiger partial charge < -0.3 is 9.84 Å². The van der Waals surface area contributed by atoms with Crippen LogP contribution in [0.25, 0.3) is 0 Å². The van der Waals surface area contributed by atoms with Gasteiger partial charge in [0.15, 0.2) is 0 Å². The first-order valence-corrected chi connectivity index (χ1v) is 7.87. The van der Waals surface area contributed by atoms with E-state index in [1.54, 1.807) is 6.92 Å². The highest BCUT2D eigenvalue weighted by molar-refractivity contribution is 7.89. The van der Waals surface area contributed by atoms with Crippen LogP contribution in [0.5, 0.6) is 0 Å². The fraction of sp³-hybridized carbons (Fsp3) is 0.538. The maximum atomic E-state index is 13.2. The van der Waals surface area contributed by atoms with Crippen molar-refractivity contribution in [1.29, 1.82) is 0 Å². The van der Waals surface area contributed by atoms with Crippen molar-refractivity contribution in [2.45, 2.75) is 30.3 Å². The van der Waals surface area contributed by atoms with E-state index in [0.29, 0.717) is 31.6 Å². The molecule has 1 aromatic rings. The summed E-state index contributed by atoms with van der Waals surface area (Å²) in [6.07, 6.45) is 0.745. The van der Waals surface area contributed by atoms with Gasteiger partial charge in [0, 0.05) is 32.6 Å². The van der Waals surface area contributed by atoms with Gasteiger partial charge >= 0.3 is 0 Å². The van der Waals surface area contributed by atoms with E-state index in [9.17, 15) is 17.9 Å². The first kappa shape index (κ1) is 15.4. The average molecular weight is 303 g/mol. The molecule has 0 aromatic heterocycles. The highest BCUT2D eigenvalue weighted by Gasteiger charge is 2.31. The lowest BCUT2D eigenvalue weighted by molar-refractivity contribution is -0.0588. The number of aliphatic hydroxyl groups is 1. The number of ether oxygens (including phenoxy) is 1. The van der Waals surface area contributed by atoms with Crippen molar-refractivity contribution < 1.29 is 22.7 Å². The van der Waals surface area contributed by atoms with E-state index in [1.165, 1.54) is 12.1 Å². The van der Waals surface area contributed by atoms with Crippen molar-refractivity contribution in [1.82, 2.24) is 4.72 Å². The molecular weight excluding hydrogens is 285 g/mol. The third-order valence-electron chi connectivity index (χ3n) is 3.45. The second kappa shape index (κ2) is 5.77. The summed E-state index contributed by atoms with van der Waals surface area (Å²) in [5.74, 6) is -0.610. The van der Waals surface area contributed by atoms with Gasteiger partial charge in [-0.15, -0.1) is 0 Å². The summed E-state index contributed by atoms with van der Waals surface area (Å²) in [6, 6.07) is 3.60. The summed E-state index contributed by atoms with van der Waals surface area (Å²) in [6.45, 7) is 2.29. The van der Waals surface area contributed by atoms with Gasteiger partial charge in [0.1, 0.15) is 5.82 Å². The molecule has 0 aliphatic carbocycles. The molecule has 0 amide bonds. The quantitative estimate of drug-likeness (QED) is 0.868. The van der Waals surface area contributed by atoms with Crippen LogP contribution in [0.3, 0.4) is 0 Å². The average Bonchev–Trinajstić information content (AvgIpc) is 2.40. The fourth-order valence-corrected chi connectivity index (χ4v) is 3.47. The monoisotopic (exact) mass is 303 g/mol. The SMILES string of the molecule is Cc1ccc(F)cc1S(=O)(=O)NCC1(O)CCOCC1. The molecule has 0 radical (unpaired) electrons. The van der Waals surface area contributed by atoms with Crippen LogP contribution in [0.15, 0.2) is 23.1 Å². The second-order valence-corrected chi connectivity index (χ2v) is 6.81. The maximum absolute atomic E-state index is 13.2. The third-order valence-corrected chi connectivity index (χ3v) is 5.00. The molecule has 20 heavy (non-hydrogen) atoms. The Morgan fingerprint density at radius 2 is 2.05 bits per heavy atom. The Morgan fingerprint density at radius 3 is 2.70 bits per heavy atom. The predicted octanol–water partition coefficient (Wildman–Crippen LogP) is 0.954. The summed E-state index contributed by atoms with van der Waals surface area (Å²) >= 11 is 0. The topological polar surface area (TPSA) is 75.6 Å². The molecule has 1 fully saturated rings. The Bertz CT molecular complexity index is 582. The van der Waals surface area contributed by atoms with Crippen LogP contribution in [-0.2, 0) is 14.8 Å². The largest absolute Gasteiger partial charge is 0.388 e. The van der Waals surface area contributed by atoms with Crippen molar-refractivity contribution in [2.75, 3.05) is 19.8 Å². The third kappa shape index (κ3) is 3.54. The van der Waals surface area contributed by atoms with E-state index in [1.807, 2.05) is 0 Å². The predicted molar refractivity (Wildman–Crippen MR) is 71.3 cm³/mol. The summed E-state index contributed by atoms with van der Waals surface area (Å²) in [5.41, 5.74) is -0.648. The van der Waals surface area contributed by atoms with Crippen LogP contribution in [0.2, 0.25) is 0 Å². The van der Waals surface area contributed by atoms with Crippen LogP contribution in [-0.4, -0.2) is 38.9 Å². The number of hydrogen-bond donors (Lipinski definition) is 2. The van der Waals surface area contributed by atoms with E-state index < -0.39 is 21.4 Å². The van der Waals surface area contributed by atoms with Crippen LogP contribution in [0.1, 0.15) is 18.4 Å². The Morgan fingerprint density at radius 1 is 1.40 bits per heavy atom. The Balaban J connectivity index is 2.13. The standard InChI is InChI=1S/C13H18FNO4S/c1-10-2-3-11(14)8-12(10)20(17,18)15-9-13(16)4-6-19-7-5-13/h2-3,8,15-16H,4-7,9H2,1H3. The summed E-state index contributed by atoms with van der Waals surface area (Å²) in [7, 11) is -3.84. The number of rotatable bonds is 4. The summed E-state index contributed by atoms with van der Waals surface area (Å²) in [4.78, 5) is -0.104. The van der Waals surface area contributed by atoms with Gasteiger partial charge in [-0.3, -0.25) is 0 Å². The van der Waals surface area contributed by atoms with E-state index in [-0.39, 0.29) is 11.4 Å². The zero-order chi connectivity index (χ0) is 14.8. The maximum Gasteiger partial charge on any atom is 0.241 e. The van der Waals surface area contributed by atoms with Gasteiger partial charge in [0.2, 0.25) is 10.0 Å². The summed E-state index contributed by atoms with van der Waals surface area (Å²) < 4.78 is 45.0. The van der Waals surface area contributed by atoms with Crippen molar-refractivity contribution in [3.05, 3.63) is 29.6 Å². The molecule has 1 saturated heterocycles. The minimum atomic E-state index is -3.84. The minimum absolute atomic E-state index is 0.103. The first-order chi connectivity index (χ1) is 9.32. The Labute approximate surface area is 117 Å². The van der Waals surface area contributed by atoms with Crippen molar-refractivity contribution >= 4 is 10.0 Å². The van der Waals surface area contributed by atoms with Crippen LogP contribution in [0, 0.1) is 12.7 Å². The van der Waals surface area contributed by atoms with E-state index in [4.69, 9.17) is 4.74 Å². The van der Waals surface area contributed by atoms with Crippen molar-refractivity contribution in [3.63, 3.8) is 0 Å². The van der Waals surface area contributed by atoms with E-state index >= 15 is 0 Å². The van der Waals surface area contributed by atoms with Gasteiger partial charge in [-0.25, -0.2) is 17.5 Å². The number of benzene rings is 1. The lowest BCUT2D eigenvalue weighted by Gasteiger charge is -2.32. The first-order valence-electron chi connectivity index (χ1n) is 6.38. The highest BCUT2D eigenvalue weighted by atomic mass is 32.2. The zero-order valence-corrected chi connectivity index (χ0v) is 12.0. The molecule has 7 heteroatoms. The van der Waals surface area contributed by atoms with Crippen molar-refractivity contribution in [2.24, 2.45) is 0 Å². The Hall–Kier alpha value is -1.02. The molecule has 0 saturated carbocycles. The van der Waals surface area contributed by atoms with Crippen LogP contribution in [0.4, 0.5) is 4.39 Å².